The molecule has 96 valence electrons. The Kier molecular flexibility index (Phi) is 4.48. The fourth-order valence-corrected chi connectivity index (χ4v) is 2.06. The molecule has 17 heavy (non-hydrogen) atoms. The van der Waals surface area contributed by atoms with E-state index in [1.165, 1.54) is 0 Å². The van der Waals surface area contributed by atoms with Gasteiger partial charge in [-0.3, -0.25) is 14.4 Å². The van der Waals surface area contributed by atoms with Crippen molar-refractivity contribution in [1.82, 2.24) is 16.0 Å². The van der Waals surface area contributed by atoms with Crippen LogP contribution in [0.25, 0.3) is 0 Å². The van der Waals surface area contributed by atoms with Gasteiger partial charge in [0.25, 0.3) is 0 Å². The summed E-state index contributed by atoms with van der Waals surface area (Å²) in [5.41, 5.74) is -0.644. The van der Waals surface area contributed by atoms with Crippen LogP contribution in [0.4, 0.5) is 0 Å². The lowest BCUT2D eigenvalue weighted by Crippen LogP contribution is -2.51. The quantitative estimate of drug-likeness (QED) is 0.599. The number of piperidine rings is 1. The highest BCUT2D eigenvalue weighted by Crippen LogP contribution is 2.32. The predicted molar refractivity (Wildman–Crippen MR) is 62.0 cm³/mol. The number of hydrogen-bond acceptors (Lipinski definition) is 3. The van der Waals surface area contributed by atoms with Gasteiger partial charge in [0.2, 0.25) is 17.7 Å². The number of amides is 3. The average Bonchev–Trinajstić information content (AvgIpc) is 2.37. The van der Waals surface area contributed by atoms with Gasteiger partial charge in [-0.05, 0) is 12.8 Å². The van der Waals surface area contributed by atoms with Crippen molar-refractivity contribution in [2.45, 2.75) is 25.7 Å². The summed E-state index contributed by atoms with van der Waals surface area (Å²) in [5.74, 6) is -0.240. The molecule has 3 amide bonds. The Morgan fingerprint density at radius 2 is 2.06 bits per heavy atom. The zero-order valence-corrected chi connectivity index (χ0v) is 10.3. The first-order valence-corrected chi connectivity index (χ1v) is 5.73. The maximum Gasteiger partial charge on any atom is 0.227 e. The van der Waals surface area contributed by atoms with Crippen LogP contribution < -0.4 is 16.0 Å². The second kappa shape index (κ2) is 5.65. The molecule has 0 aromatic rings. The minimum absolute atomic E-state index is 0.0375. The Morgan fingerprint density at radius 3 is 2.53 bits per heavy atom. The van der Waals surface area contributed by atoms with Crippen molar-refractivity contribution >= 4 is 17.7 Å². The molecular formula is C11H19N3O3. The van der Waals surface area contributed by atoms with Crippen molar-refractivity contribution < 1.29 is 14.4 Å². The van der Waals surface area contributed by atoms with Gasteiger partial charge in [0.15, 0.2) is 0 Å². The summed E-state index contributed by atoms with van der Waals surface area (Å²) >= 11 is 0. The zero-order valence-electron chi connectivity index (χ0n) is 10.3. The molecule has 1 fully saturated rings. The first kappa shape index (κ1) is 13.5. The van der Waals surface area contributed by atoms with Gasteiger partial charge < -0.3 is 16.0 Å². The van der Waals surface area contributed by atoms with E-state index in [1.807, 2.05) is 0 Å². The van der Waals surface area contributed by atoms with Crippen LogP contribution in [0.15, 0.2) is 0 Å². The molecule has 6 heteroatoms. The largest absolute Gasteiger partial charge is 0.359 e. The second-order valence-electron chi connectivity index (χ2n) is 4.31. The molecule has 1 heterocycles. The molecule has 3 N–H and O–H groups in total. The summed E-state index contributed by atoms with van der Waals surface area (Å²) in [7, 11) is 3.14. The number of hydrogen-bond donors (Lipinski definition) is 3. The lowest BCUT2D eigenvalue weighted by Gasteiger charge is -2.35. The van der Waals surface area contributed by atoms with Gasteiger partial charge >= 0.3 is 0 Å². The minimum Gasteiger partial charge on any atom is -0.359 e. The van der Waals surface area contributed by atoms with E-state index < -0.39 is 5.41 Å². The van der Waals surface area contributed by atoms with Crippen molar-refractivity contribution in [1.29, 1.82) is 0 Å². The van der Waals surface area contributed by atoms with E-state index in [9.17, 15) is 14.4 Å². The van der Waals surface area contributed by atoms with Crippen LogP contribution in [0, 0.1) is 5.41 Å². The normalized spacial score (nSPS) is 23.8. The molecule has 0 spiro atoms. The molecule has 0 bridgehead atoms. The molecule has 0 aliphatic carbocycles. The number of rotatable bonds is 4. The lowest BCUT2D eigenvalue weighted by molar-refractivity contribution is -0.136. The van der Waals surface area contributed by atoms with E-state index in [0.29, 0.717) is 32.2 Å². The Morgan fingerprint density at radius 1 is 1.35 bits per heavy atom. The molecule has 1 atom stereocenters. The first-order valence-electron chi connectivity index (χ1n) is 5.73. The molecule has 1 aliphatic rings. The third-order valence-electron chi connectivity index (χ3n) is 3.27. The maximum absolute atomic E-state index is 11.9. The zero-order chi connectivity index (χ0) is 12.9. The highest BCUT2D eigenvalue weighted by Gasteiger charge is 2.40. The average molecular weight is 241 g/mol. The molecule has 0 unspecified atom stereocenters. The van der Waals surface area contributed by atoms with Crippen LogP contribution in [0.5, 0.6) is 0 Å². The van der Waals surface area contributed by atoms with Gasteiger partial charge in [0, 0.05) is 33.5 Å². The summed E-state index contributed by atoms with van der Waals surface area (Å²) in [5, 5.41) is 7.84. The summed E-state index contributed by atoms with van der Waals surface area (Å²) < 4.78 is 0. The van der Waals surface area contributed by atoms with E-state index in [2.05, 4.69) is 16.0 Å². The number of carbonyl (C=O) groups excluding carboxylic acids is 3. The first-order chi connectivity index (χ1) is 8.04. The smallest absolute Gasteiger partial charge is 0.227 e. The van der Waals surface area contributed by atoms with E-state index >= 15 is 0 Å². The summed E-state index contributed by atoms with van der Waals surface area (Å²) in [4.78, 5) is 34.3. The summed E-state index contributed by atoms with van der Waals surface area (Å²) in [6.07, 6.45) is 1.57. The van der Waals surface area contributed by atoms with Gasteiger partial charge in [-0.2, -0.15) is 0 Å². The monoisotopic (exact) mass is 241 g/mol. The van der Waals surface area contributed by atoms with Crippen molar-refractivity contribution in [3.63, 3.8) is 0 Å². The van der Waals surface area contributed by atoms with Gasteiger partial charge in [-0.1, -0.05) is 0 Å². The number of nitrogens with one attached hydrogen (secondary N) is 3. The van der Waals surface area contributed by atoms with Crippen LogP contribution in [-0.2, 0) is 14.4 Å². The molecule has 0 radical (unpaired) electrons. The van der Waals surface area contributed by atoms with Crippen molar-refractivity contribution in [3.8, 4) is 0 Å². The molecule has 1 rings (SSSR count). The topological polar surface area (TPSA) is 87.3 Å². The Labute approximate surface area is 101 Å². The summed E-state index contributed by atoms with van der Waals surface area (Å²) in [6.45, 7) is 0.308. The van der Waals surface area contributed by atoms with Gasteiger partial charge in [0.05, 0.1) is 5.41 Å². The van der Waals surface area contributed by atoms with Crippen molar-refractivity contribution in [2.24, 2.45) is 5.41 Å². The van der Waals surface area contributed by atoms with Gasteiger partial charge in [-0.25, -0.2) is 0 Å². The van der Waals surface area contributed by atoms with E-state index in [0.717, 1.165) is 0 Å². The molecule has 0 aromatic heterocycles. The van der Waals surface area contributed by atoms with Crippen LogP contribution in [0.2, 0.25) is 0 Å². The Balaban J connectivity index is 2.69. The Hall–Kier alpha value is -1.59. The predicted octanol–water partition coefficient (Wildman–Crippen LogP) is -0.845. The SMILES string of the molecule is CNC(=O)CC[C@@]1(C(=O)NC)CCC(=O)NC1. The van der Waals surface area contributed by atoms with E-state index in [4.69, 9.17) is 0 Å². The van der Waals surface area contributed by atoms with E-state index in [-0.39, 0.29) is 17.7 Å². The van der Waals surface area contributed by atoms with Crippen molar-refractivity contribution in [2.75, 3.05) is 20.6 Å². The molecule has 0 aromatic carbocycles. The van der Waals surface area contributed by atoms with E-state index in [1.54, 1.807) is 14.1 Å². The lowest BCUT2D eigenvalue weighted by atomic mass is 9.75. The number of carbonyl (C=O) groups is 3. The second-order valence-corrected chi connectivity index (χ2v) is 4.31. The molecule has 6 nitrogen and oxygen atoms in total. The summed E-state index contributed by atoms with van der Waals surface area (Å²) in [6, 6.07) is 0. The fourth-order valence-electron chi connectivity index (χ4n) is 2.06. The molecular weight excluding hydrogens is 222 g/mol. The fraction of sp³-hybridized carbons (Fsp3) is 0.727. The minimum atomic E-state index is -0.644. The molecule has 1 saturated heterocycles. The van der Waals surface area contributed by atoms with Crippen LogP contribution in [0.1, 0.15) is 25.7 Å². The third kappa shape index (κ3) is 3.18. The van der Waals surface area contributed by atoms with Crippen molar-refractivity contribution in [3.05, 3.63) is 0 Å². The molecule has 1 aliphatic heterocycles. The highest BCUT2D eigenvalue weighted by atomic mass is 16.2. The standard InChI is InChI=1S/C11H19N3O3/c1-12-8(15)3-5-11(10(17)13-2)6-4-9(16)14-7-11/h3-7H2,1-2H3,(H,12,15)(H,13,17)(H,14,16)/t11-/m1/s1. The third-order valence-corrected chi connectivity index (χ3v) is 3.27. The van der Waals surface area contributed by atoms with Gasteiger partial charge in [-0.15, -0.1) is 0 Å². The van der Waals surface area contributed by atoms with Crippen LogP contribution in [-0.4, -0.2) is 38.4 Å². The van der Waals surface area contributed by atoms with Gasteiger partial charge in [0.1, 0.15) is 0 Å². The molecule has 0 saturated carbocycles. The highest BCUT2D eigenvalue weighted by molar-refractivity contribution is 5.87. The maximum atomic E-state index is 11.9. The van der Waals surface area contributed by atoms with Crippen LogP contribution >= 0.6 is 0 Å². The Bertz CT molecular complexity index is 318. The van der Waals surface area contributed by atoms with Crippen LogP contribution in [0.3, 0.4) is 0 Å².